The van der Waals surface area contributed by atoms with Crippen molar-refractivity contribution in [2.24, 2.45) is 0 Å². The third-order valence-corrected chi connectivity index (χ3v) is 9.48. The van der Waals surface area contributed by atoms with E-state index in [0.29, 0.717) is 5.39 Å². The molecule has 2 heterocycles. The van der Waals surface area contributed by atoms with Crippen LogP contribution >= 0.6 is 0 Å². The molecule has 3 aromatic rings. The predicted molar refractivity (Wildman–Crippen MR) is 147 cm³/mol. The monoisotopic (exact) mass is 579 g/mol. The second kappa shape index (κ2) is 11.3. The number of nitrogens with zero attached hydrogens (tertiary/aromatic N) is 3. The molecular weight excluding hydrogens is 550 g/mol. The summed E-state index contributed by atoms with van der Waals surface area (Å²) in [6.07, 6.45) is -2.15. The molecule has 0 unspecified atom stereocenters. The largest absolute Gasteiger partial charge is 0.481 e. The van der Waals surface area contributed by atoms with Gasteiger partial charge in [-0.15, -0.1) is 0 Å². The van der Waals surface area contributed by atoms with Crippen molar-refractivity contribution < 1.29 is 37.8 Å². The molecular formula is C29H29N3O8S. The van der Waals surface area contributed by atoms with Crippen LogP contribution in [0.15, 0.2) is 77.7 Å². The average molecular weight is 580 g/mol. The number of piperazine rings is 1. The van der Waals surface area contributed by atoms with Gasteiger partial charge in [0.2, 0.25) is 21.8 Å². The lowest BCUT2D eigenvalue weighted by molar-refractivity contribution is -0.153. The SMILES string of the molecule is O=C(O)CC[C@H]1C(=O)N2[C@@H](Cc3ccccc3)C(=O)N(CCC(=O)O)C[C@@H]2N1S(=O)(=O)c1ccc2ccccc2c1. The van der Waals surface area contributed by atoms with Crippen LogP contribution in [-0.2, 0) is 35.6 Å². The Kier molecular flexibility index (Phi) is 7.78. The van der Waals surface area contributed by atoms with Crippen LogP contribution in [0.3, 0.4) is 0 Å². The zero-order chi connectivity index (χ0) is 29.3. The van der Waals surface area contributed by atoms with E-state index in [4.69, 9.17) is 0 Å². The van der Waals surface area contributed by atoms with Gasteiger partial charge in [0, 0.05) is 19.4 Å². The smallest absolute Gasteiger partial charge is 0.305 e. The maximum Gasteiger partial charge on any atom is 0.305 e. The highest BCUT2D eigenvalue weighted by Gasteiger charge is 2.58. The molecule has 3 aromatic carbocycles. The maximum absolute atomic E-state index is 14.3. The average Bonchev–Trinajstić information content (AvgIpc) is 3.24. The van der Waals surface area contributed by atoms with Crippen LogP contribution in [0, 0.1) is 0 Å². The highest BCUT2D eigenvalue weighted by Crippen LogP contribution is 2.37. The number of sulfonamides is 1. The van der Waals surface area contributed by atoms with Crippen molar-refractivity contribution in [3.05, 3.63) is 78.4 Å². The van der Waals surface area contributed by atoms with Crippen LogP contribution in [0.2, 0.25) is 0 Å². The quantitative estimate of drug-likeness (QED) is 0.371. The van der Waals surface area contributed by atoms with Crippen LogP contribution in [0.5, 0.6) is 0 Å². The van der Waals surface area contributed by atoms with Gasteiger partial charge in [-0.1, -0.05) is 60.7 Å². The summed E-state index contributed by atoms with van der Waals surface area (Å²) in [6.45, 7) is -0.402. The summed E-state index contributed by atoms with van der Waals surface area (Å²) in [5.41, 5.74) is 0.732. The lowest BCUT2D eigenvalue weighted by atomic mass is 10.00. The first-order valence-electron chi connectivity index (χ1n) is 13.2. The van der Waals surface area contributed by atoms with Gasteiger partial charge < -0.3 is 20.0 Å². The third kappa shape index (κ3) is 5.52. The first-order valence-corrected chi connectivity index (χ1v) is 14.6. The number of hydrogen-bond donors (Lipinski definition) is 2. The molecule has 214 valence electrons. The second-order valence-corrected chi connectivity index (χ2v) is 12.0. The second-order valence-electron chi connectivity index (χ2n) is 10.2. The summed E-state index contributed by atoms with van der Waals surface area (Å²) in [5.74, 6) is -3.44. The molecule has 0 radical (unpaired) electrons. The van der Waals surface area contributed by atoms with E-state index in [9.17, 15) is 37.8 Å². The topological polar surface area (TPSA) is 153 Å². The van der Waals surface area contributed by atoms with Crippen LogP contribution in [-0.4, -0.2) is 87.8 Å². The van der Waals surface area contributed by atoms with E-state index in [-0.39, 0.29) is 37.2 Å². The molecule has 0 aliphatic carbocycles. The number of amides is 2. The van der Waals surface area contributed by atoms with E-state index in [2.05, 4.69) is 0 Å². The van der Waals surface area contributed by atoms with Gasteiger partial charge >= 0.3 is 11.9 Å². The lowest BCUT2D eigenvalue weighted by Gasteiger charge is -2.44. The number of carboxylic acids is 2. The summed E-state index contributed by atoms with van der Waals surface area (Å²) in [6, 6.07) is 18.3. The Balaban J connectivity index is 1.60. The van der Waals surface area contributed by atoms with Crippen molar-refractivity contribution in [2.75, 3.05) is 13.1 Å². The Labute approximate surface area is 236 Å². The fourth-order valence-electron chi connectivity index (χ4n) is 5.65. The van der Waals surface area contributed by atoms with E-state index in [0.717, 1.165) is 15.3 Å². The standard InChI is InChI=1S/C29H29N3O8S/c33-26(34)13-12-23-29(38)31-24(16-19-6-2-1-3-7-19)28(37)30(15-14-27(35)36)18-25(31)32(23)41(39,40)22-11-10-20-8-4-5-9-21(20)17-22/h1-11,17,23-25H,12-16,18H2,(H,33,34)(H,35,36)/t23-,24-,25-/m0/s1. The van der Waals surface area contributed by atoms with Crippen LogP contribution in [0.4, 0.5) is 0 Å². The van der Waals surface area contributed by atoms with Gasteiger partial charge in [0.25, 0.3) is 0 Å². The van der Waals surface area contributed by atoms with Crippen molar-refractivity contribution in [3.8, 4) is 0 Å². The Morgan fingerprint density at radius 2 is 1.46 bits per heavy atom. The van der Waals surface area contributed by atoms with Gasteiger partial charge in [-0.25, -0.2) is 8.42 Å². The van der Waals surface area contributed by atoms with E-state index in [1.807, 2.05) is 12.1 Å². The fourth-order valence-corrected chi connectivity index (χ4v) is 7.43. The first kappa shape index (κ1) is 28.2. The number of carboxylic acid groups (broad SMARTS) is 2. The highest BCUT2D eigenvalue weighted by molar-refractivity contribution is 7.89. The number of rotatable bonds is 10. The van der Waals surface area contributed by atoms with Gasteiger partial charge in [-0.05, 0) is 34.9 Å². The third-order valence-electron chi connectivity index (χ3n) is 7.57. The molecule has 3 atom stereocenters. The van der Waals surface area contributed by atoms with E-state index in [1.165, 1.54) is 21.9 Å². The molecule has 5 rings (SSSR count). The zero-order valence-corrected chi connectivity index (χ0v) is 22.8. The molecule has 2 aliphatic heterocycles. The molecule has 11 nitrogen and oxygen atoms in total. The Hall–Kier alpha value is -4.29. The van der Waals surface area contributed by atoms with Crippen LogP contribution in [0.25, 0.3) is 10.8 Å². The van der Waals surface area contributed by atoms with Gasteiger partial charge in [-0.3, -0.25) is 19.2 Å². The van der Waals surface area contributed by atoms with Crippen molar-refractivity contribution in [2.45, 2.75) is 48.8 Å². The normalized spacial score (nSPS) is 21.3. The molecule has 0 spiro atoms. The molecule has 12 heteroatoms. The molecule has 0 bridgehead atoms. The van der Waals surface area contributed by atoms with Crippen LogP contribution in [0.1, 0.15) is 24.8 Å². The minimum Gasteiger partial charge on any atom is -0.481 e. The van der Waals surface area contributed by atoms with E-state index < -0.39 is 58.4 Å². The summed E-state index contributed by atoms with van der Waals surface area (Å²) >= 11 is 0. The lowest BCUT2D eigenvalue weighted by Crippen LogP contribution is -2.64. The number of carbonyl (C=O) groups is 4. The number of hydrogen-bond acceptors (Lipinski definition) is 6. The first-order chi connectivity index (χ1) is 19.6. The van der Waals surface area contributed by atoms with Gasteiger partial charge in [0.05, 0.1) is 17.9 Å². The molecule has 0 saturated carbocycles. The minimum absolute atomic E-state index is 0.0697. The predicted octanol–water partition coefficient (Wildman–Crippen LogP) is 2.16. The summed E-state index contributed by atoms with van der Waals surface area (Å²) in [5, 5.41) is 20.1. The molecule has 0 aromatic heterocycles. The molecule has 2 amide bonds. The number of benzene rings is 3. The minimum atomic E-state index is -4.38. The maximum atomic E-state index is 14.3. The molecule has 2 aliphatic rings. The Morgan fingerprint density at radius 3 is 2.15 bits per heavy atom. The van der Waals surface area contributed by atoms with Crippen molar-refractivity contribution in [3.63, 3.8) is 0 Å². The van der Waals surface area contributed by atoms with Crippen molar-refractivity contribution in [1.29, 1.82) is 0 Å². The number of aliphatic carboxylic acids is 2. The Morgan fingerprint density at radius 1 is 0.805 bits per heavy atom. The van der Waals surface area contributed by atoms with Gasteiger partial charge in [0.15, 0.2) is 0 Å². The van der Waals surface area contributed by atoms with Crippen LogP contribution < -0.4 is 0 Å². The molecule has 2 saturated heterocycles. The molecule has 2 N–H and O–H groups in total. The summed E-state index contributed by atoms with van der Waals surface area (Å²) in [7, 11) is -4.38. The Bertz CT molecular complexity index is 1610. The van der Waals surface area contributed by atoms with E-state index >= 15 is 0 Å². The van der Waals surface area contributed by atoms with E-state index in [1.54, 1.807) is 48.5 Å². The summed E-state index contributed by atoms with van der Waals surface area (Å²) in [4.78, 5) is 52.9. The summed E-state index contributed by atoms with van der Waals surface area (Å²) < 4.78 is 29.5. The zero-order valence-electron chi connectivity index (χ0n) is 22.0. The number of carbonyl (C=O) groups excluding carboxylic acids is 2. The van der Waals surface area contributed by atoms with Gasteiger partial charge in [-0.2, -0.15) is 4.31 Å². The fraction of sp³-hybridized carbons (Fsp3) is 0.310. The molecule has 41 heavy (non-hydrogen) atoms. The van der Waals surface area contributed by atoms with Crippen molar-refractivity contribution >= 4 is 44.5 Å². The van der Waals surface area contributed by atoms with Gasteiger partial charge in [0.1, 0.15) is 18.2 Å². The highest BCUT2D eigenvalue weighted by atomic mass is 32.2. The molecule has 2 fully saturated rings. The number of fused-ring (bicyclic) bond motifs is 2. The van der Waals surface area contributed by atoms with Crippen molar-refractivity contribution in [1.82, 2.24) is 14.1 Å².